The van der Waals surface area contributed by atoms with E-state index in [0.29, 0.717) is 23.4 Å². The van der Waals surface area contributed by atoms with E-state index in [1.54, 1.807) is 11.1 Å². The van der Waals surface area contributed by atoms with E-state index in [2.05, 4.69) is 32.9 Å². The van der Waals surface area contributed by atoms with Gasteiger partial charge >= 0.3 is 0 Å². The van der Waals surface area contributed by atoms with Crippen molar-refractivity contribution in [3.05, 3.63) is 28.8 Å². The van der Waals surface area contributed by atoms with Crippen LogP contribution in [0.25, 0.3) is 0 Å². The van der Waals surface area contributed by atoms with Crippen molar-refractivity contribution in [2.45, 2.75) is 120 Å². The highest BCUT2D eigenvalue weighted by Crippen LogP contribution is 2.66. The Labute approximate surface area is 212 Å². The first-order chi connectivity index (χ1) is 16.8. The fourth-order valence-electron chi connectivity index (χ4n) is 11.5. The zero-order valence-corrected chi connectivity index (χ0v) is 22.4. The Morgan fingerprint density at radius 3 is 1.66 bits per heavy atom. The summed E-state index contributed by atoms with van der Waals surface area (Å²) in [7, 11) is 0. The molecular weight excluding hydrogens is 428 g/mol. The van der Waals surface area contributed by atoms with Crippen LogP contribution in [0.1, 0.15) is 120 Å². The van der Waals surface area contributed by atoms with Gasteiger partial charge in [-0.15, -0.1) is 0 Å². The Kier molecular flexibility index (Phi) is 4.59. The standard InChI is InChI=1S/C33H46O2/c1-20(2)28-10-27(34-18-31(3)19-35-31)11-29(32-12-21-4-22(13-32)6-23(5-21)14-32)30(28)33-15-24-7-25(16-33)9-26(8-24)17-33/h10-11,20-26H,4-9,12-19H2,1-3H3. The third-order valence-corrected chi connectivity index (χ3v) is 12.1. The van der Waals surface area contributed by atoms with Crippen LogP contribution < -0.4 is 4.74 Å². The van der Waals surface area contributed by atoms with Gasteiger partial charge in [-0.1, -0.05) is 13.8 Å². The molecule has 0 aromatic heterocycles. The highest BCUT2D eigenvalue weighted by atomic mass is 16.6. The molecule has 2 nitrogen and oxygen atoms in total. The Bertz CT molecular complexity index is 959. The van der Waals surface area contributed by atoms with E-state index < -0.39 is 0 Å². The molecule has 9 fully saturated rings. The fraction of sp³-hybridized carbons (Fsp3) is 0.818. The predicted octanol–water partition coefficient (Wildman–Crippen LogP) is 7.91. The topological polar surface area (TPSA) is 21.8 Å². The molecule has 1 unspecified atom stereocenters. The third kappa shape index (κ3) is 3.44. The molecule has 0 radical (unpaired) electrons. The van der Waals surface area contributed by atoms with Crippen LogP contribution in [-0.4, -0.2) is 18.8 Å². The molecule has 10 rings (SSSR count). The van der Waals surface area contributed by atoms with Crippen molar-refractivity contribution >= 4 is 0 Å². The van der Waals surface area contributed by atoms with Crippen molar-refractivity contribution < 1.29 is 9.47 Å². The normalized spacial score (nSPS) is 48.7. The number of epoxide rings is 1. The first-order valence-corrected chi connectivity index (χ1v) is 15.3. The fourth-order valence-corrected chi connectivity index (χ4v) is 11.5. The van der Waals surface area contributed by atoms with Gasteiger partial charge in [-0.05, 0) is 165 Å². The Hall–Kier alpha value is -1.02. The molecular formula is C33H46O2. The van der Waals surface area contributed by atoms with Gasteiger partial charge in [-0.2, -0.15) is 0 Å². The third-order valence-electron chi connectivity index (χ3n) is 12.1. The lowest BCUT2D eigenvalue weighted by Crippen LogP contribution is -2.52. The number of rotatable bonds is 6. The van der Waals surface area contributed by atoms with Gasteiger partial charge in [0.15, 0.2) is 0 Å². The summed E-state index contributed by atoms with van der Waals surface area (Å²) in [5, 5.41) is 0. The summed E-state index contributed by atoms with van der Waals surface area (Å²) in [5.41, 5.74) is 6.14. The Balaban J connectivity index is 1.30. The minimum atomic E-state index is -0.0581. The number of ether oxygens (including phenoxy) is 2. The zero-order valence-electron chi connectivity index (χ0n) is 22.4. The van der Waals surface area contributed by atoms with Crippen LogP contribution in [0, 0.1) is 35.5 Å². The second-order valence-electron chi connectivity index (χ2n) is 15.5. The van der Waals surface area contributed by atoms with Gasteiger partial charge < -0.3 is 9.47 Å². The minimum Gasteiger partial charge on any atom is -0.490 e. The van der Waals surface area contributed by atoms with Crippen molar-refractivity contribution in [2.24, 2.45) is 35.5 Å². The van der Waals surface area contributed by atoms with Crippen LogP contribution in [0.4, 0.5) is 0 Å². The lowest BCUT2D eigenvalue weighted by atomic mass is 9.43. The molecule has 1 atom stereocenters. The SMILES string of the molecule is CC(C)c1cc(OCC2(C)CO2)cc(C23CC4CC(CC(C4)C2)C3)c1C12CC3CC(CC(C3)C1)C2. The summed E-state index contributed by atoms with van der Waals surface area (Å²) in [6, 6.07) is 5.10. The largest absolute Gasteiger partial charge is 0.490 e. The van der Waals surface area contributed by atoms with E-state index >= 15 is 0 Å². The Morgan fingerprint density at radius 2 is 1.23 bits per heavy atom. The summed E-state index contributed by atoms with van der Waals surface area (Å²) in [4.78, 5) is 0. The monoisotopic (exact) mass is 474 g/mol. The maximum atomic E-state index is 6.58. The molecule has 190 valence electrons. The van der Waals surface area contributed by atoms with Crippen molar-refractivity contribution in [1.82, 2.24) is 0 Å². The molecule has 8 aliphatic carbocycles. The predicted molar refractivity (Wildman–Crippen MR) is 140 cm³/mol. The molecule has 0 N–H and O–H groups in total. The second-order valence-corrected chi connectivity index (χ2v) is 15.5. The molecule has 8 bridgehead atoms. The van der Waals surface area contributed by atoms with Gasteiger partial charge in [0.2, 0.25) is 0 Å². The Morgan fingerprint density at radius 1 is 0.771 bits per heavy atom. The molecule has 0 amide bonds. The van der Waals surface area contributed by atoms with E-state index in [-0.39, 0.29) is 5.60 Å². The summed E-state index contributed by atoms with van der Waals surface area (Å²) >= 11 is 0. The average molecular weight is 475 g/mol. The number of hydrogen-bond donors (Lipinski definition) is 0. The molecule has 8 saturated carbocycles. The molecule has 1 saturated heterocycles. The van der Waals surface area contributed by atoms with Crippen LogP contribution in [0.5, 0.6) is 5.75 Å². The maximum Gasteiger partial charge on any atom is 0.123 e. The second kappa shape index (κ2) is 7.30. The first-order valence-electron chi connectivity index (χ1n) is 15.3. The summed E-state index contributed by atoms with van der Waals surface area (Å²) < 4.78 is 12.3. The number of benzene rings is 1. The average Bonchev–Trinajstić information content (AvgIpc) is 3.53. The van der Waals surface area contributed by atoms with Gasteiger partial charge in [0, 0.05) is 0 Å². The van der Waals surface area contributed by atoms with Crippen LogP contribution in [0.2, 0.25) is 0 Å². The molecule has 0 spiro atoms. The van der Waals surface area contributed by atoms with Crippen molar-refractivity contribution in [3.63, 3.8) is 0 Å². The van der Waals surface area contributed by atoms with Crippen LogP contribution in [0.3, 0.4) is 0 Å². The molecule has 1 aromatic rings. The van der Waals surface area contributed by atoms with Crippen molar-refractivity contribution in [1.29, 1.82) is 0 Å². The lowest BCUT2D eigenvalue weighted by molar-refractivity contribution is -0.0179. The van der Waals surface area contributed by atoms with Crippen molar-refractivity contribution in [3.8, 4) is 5.75 Å². The molecule has 1 heterocycles. The van der Waals surface area contributed by atoms with Crippen LogP contribution in [0.15, 0.2) is 12.1 Å². The summed E-state index contributed by atoms with van der Waals surface area (Å²) in [5.74, 6) is 7.63. The van der Waals surface area contributed by atoms with Gasteiger partial charge in [0.05, 0.1) is 6.61 Å². The number of hydrogen-bond acceptors (Lipinski definition) is 2. The van der Waals surface area contributed by atoms with Gasteiger partial charge in [0.1, 0.15) is 18.0 Å². The van der Waals surface area contributed by atoms with E-state index in [1.165, 1.54) is 77.0 Å². The van der Waals surface area contributed by atoms with Gasteiger partial charge in [0.25, 0.3) is 0 Å². The van der Waals surface area contributed by atoms with E-state index in [9.17, 15) is 0 Å². The summed E-state index contributed by atoms with van der Waals surface area (Å²) in [6.07, 6.45) is 18.0. The molecule has 9 aliphatic rings. The van der Waals surface area contributed by atoms with E-state index in [4.69, 9.17) is 9.47 Å². The first kappa shape index (κ1) is 22.0. The van der Waals surface area contributed by atoms with Gasteiger partial charge in [-0.25, -0.2) is 0 Å². The summed E-state index contributed by atoms with van der Waals surface area (Å²) in [6.45, 7) is 8.65. The molecule has 35 heavy (non-hydrogen) atoms. The molecule has 1 aliphatic heterocycles. The van der Waals surface area contributed by atoms with E-state index in [0.717, 1.165) is 47.9 Å². The zero-order chi connectivity index (χ0) is 23.6. The highest BCUT2D eigenvalue weighted by Gasteiger charge is 2.57. The van der Waals surface area contributed by atoms with Crippen LogP contribution in [-0.2, 0) is 15.6 Å². The lowest BCUT2D eigenvalue weighted by Gasteiger charge is -2.61. The quantitative estimate of drug-likeness (QED) is 0.391. The van der Waals surface area contributed by atoms with Crippen LogP contribution >= 0.6 is 0 Å². The van der Waals surface area contributed by atoms with E-state index in [1.807, 2.05) is 5.56 Å². The molecule has 1 aromatic carbocycles. The highest BCUT2D eigenvalue weighted by molar-refractivity contribution is 5.53. The minimum absolute atomic E-state index is 0.0581. The van der Waals surface area contributed by atoms with Crippen molar-refractivity contribution in [2.75, 3.05) is 13.2 Å². The maximum absolute atomic E-state index is 6.58. The smallest absolute Gasteiger partial charge is 0.123 e. The van der Waals surface area contributed by atoms with Gasteiger partial charge in [-0.3, -0.25) is 0 Å². The molecule has 2 heteroatoms.